The van der Waals surface area contributed by atoms with Crippen LogP contribution in [0.2, 0.25) is 0 Å². The molecule has 1 saturated heterocycles. The van der Waals surface area contributed by atoms with Crippen molar-refractivity contribution in [2.45, 2.75) is 43.8 Å². The molecule has 0 spiro atoms. The normalized spacial score (nSPS) is 25.8. The fourth-order valence-electron chi connectivity index (χ4n) is 6.86. The average molecular weight is 562 g/mol. The first-order valence-corrected chi connectivity index (χ1v) is 14.4. The summed E-state index contributed by atoms with van der Waals surface area (Å²) in [6.07, 6.45) is 0.188. The molecule has 2 N–H and O–H groups in total. The number of carbonyl (C=O) groups excluding carboxylic acids is 2. The first-order valence-electron chi connectivity index (χ1n) is 14.4. The van der Waals surface area contributed by atoms with E-state index in [-0.39, 0.29) is 24.1 Å². The molecule has 3 fully saturated rings. The maximum atomic E-state index is 12.9. The molecule has 41 heavy (non-hydrogen) atoms. The minimum Gasteiger partial charge on any atom is -0.347 e. The Hall–Kier alpha value is -3.65. The van der Waals surface area contributed by atoms with Gasteiger partial charge in [-0.25, -0.2) is 0 Å². The summed E-state index contributed by atoms with van der Waals surface area (Å²) in [6.45, 7) is 1.58. The fraction of sp³-hybridized carbons (Fsp3) is 0.394. The van der Waals surface area contributed by atoms with Gasteiger partial charge < -0.3 is 10.6 Å². The smallest absolute Gasteiger partial charge is 0.347 e. The van der Waals surface area contributed by atoms with Crippen LogP contribution in [0.4, 0.5) is 18.9 Å². The largest absolute Gasteiger partial charge is 0.416 e. The Morgan fingerprint density at radius 3 is 2.12 bits per heavy atom. The van der Waals surface area contributed by atoms with E-state index in [1.807, 2.05) is 6.07 Å². The minimum atomic E-state index is -4.49. The number of hydrogen-bond acceptors (Lipinski definition) is 3. The van der Waals surface area contributed by atoms with Gasteiger partial charge in [0.05, 0.1) is 12.1 Å². The molecule has 1 aliphatic heterocycles. The van der Waals surface area contributed by atoms with E-state index in [0.29, 0.717) is 23.8 Å². The molecule has 2 aliphatic carbocycles. The number of nitrogens with one attached hydrogen (secondary N) is 2. The quantitative estimate of drug-likeness (QED) is 0.354. The van der Waals surface area contributed by atoms with Gasteiger partial charge in [0.25, 0.3) is 0 Å². The van der Waals surface area contributed by atoms with Gasteiger partial charge in [0, 0.05) is 30.7 Å². The molecule has 3 aromatic carbocycles. The molecule has 3 aliphatic rings. The first kappa shape index (κ1) is 27.5. The van der Waals surface area contributed by atoms with Crippen molar-refractivity contribution in [3.63, 3.8) is 0 Å². The number of anilines is 1. The van der Waals surface area contributed by atoms with Crippen LogP contribution in [0.1, 0.15) is 42.7 Å². The highest BCUT2D eigenvalue weighted by atomic mass is 19.4. The summed E-state index contributed by atoms with van der Waals surface area (Å²) in [5, 5.41) is 5.11. The number of amides is 2. The molecule has 6 rings (SSSR count). The van der Waals surface area contributed by atoms with E-state index in [1.54, 1.807) is 0 Å². The summed E-state index contributed by atoms with van der Waals surface area (Å²) >= 11 is 0. The van der Waals surface area contributed by atoms with Crippen molar-refractivity contribution in [2.75, 3.05) is 25.0 Å². The predicted octanol–water partition coefficient (Wildman–Crippen LogP) is 6.33. The van der Waals surface area contributed by atoms with Gasteiger partial charge in [-0.05, 0) is 78.3 Å². The standard InChI is InChI=1S/C33H34F3N3O2/c34-33(35,36)25-7-4-8-26(17-25)38-30(40)18-37-32(41)31-28-19-39(20-29(28)31)27-15-13-24(14-16-27)23-11-9-22(10-12-23)21-5-2-1-3-6-21/h1-12,17,24,27-29,31H,13-16,18-20H2,(H,37,41)(H,38,40)/t24?,27?,28-,29+,31?. The van der Waals surface area contributed by atoms with Crippen molar-refractivity contribution in [1.29, 1.82) is 0 Å². The van der Waals surface area contributed by atoms with E-state index >= 15 is 0 Å². The Labute approximate surface area is 238 Å². The van der Waals surface area contributed by atoms with Crippen LogP contribution in [0.3, 0.4) is 0 Å². The number of piperidine rings is 1. The number of hydrogen-bond donors (Lipinski definition) is 2. The molecular weight excluding hydrogens is 527 g/mol. The van der Waals surface area contributed by atoms with Gasteiger partial charge in [-0.1, -0.05) is 60.7 Å². The number of likely N-dealkylation sites (tertiary alicyclic amines) is 1. The summed E-state index contributed by atoms with van der Waals surface area (Å²) in [6, 6.07) is 24.5. The molecule has 0 bridgehead atoms. The molecule has 1 unspecified atom stereocenters. The van der Waals surface area contributed by atoms with E-state index in [9.17, 15) is 22.8 Å². The highest BCUT2D eigenvalue weighted by molar-refractivity contribution is 5.95. The molecule has 2 amide bonds. The number of carbonyl (C=O) groups is 2. The summed E-state index contributed by atoms with van der Waals surface area (Å²) in [7, 11) is 0. The summed E-state index contributed by atoms with van der Waals surface area (Å²) in [4.78, 5) is 27.5. The molecular formula is C33H34F3N3O2. The Bertz CT molecular complexity index is 1370. The topological polar surface area (TPSA) is 61.4 Å². The van der Waals surface area contributed by atoms with Crippen molar-refractivity contribution in [2.24, 2.45) is 17.8 Å². The summed E-state index contributed by atoms with van der Waals surface area (Å²) < 4.78 is 38.7. The third-order valence-corrected chi connectivity index (χ3v) is 9.12. The molecule has 3 atom stereocenters. The van der Waals surface area contributed by atoms with Crippen LogP contribution in [0.15, 0.2) is 78.9 Å². The van der Waals surface area contributed by atoms with Crippen LogP contribution in [0, 0.1) is 17.8 Å². The van der Waals surface area contributed by atoms with E-state index in [1.165, 1.54) is 41.7 Å². The molecule has 1 heterocycles. The van der Waals surface area contributed by atoms with Crippen molar-refractivity contribution in [3.05, 3.63) is 90.0 Å². The van der Waals surface area contributed by atoms with Crippen molar-refractivity contribution in [3.8, 4) is 11.1 Å². The lowest BCUT2D eigenvalue weighted by molar-refractivity contribution is -0.137. The van der Waals surface area contributed by atoms with E-state index in [4.69, 9.17) is 0 Å². The van der Waals surface area contributed by atoms with Crippen molar-refractivity contribution in [1.82, 2.24) is 10.2 Å². The van der Waals surface area contributed by atoms with E-state index in [0.717, 1.165) is 38.1 Å². The van der Waals surface area contributed by atoms with Crippen LogP contribution >= 0.6 is 0 Å². The predicted molar refractivity (Wildman–Crippen MR) is 152 cm³/mol. The lowest BCUT2D eigenvalue weighted by Crippen LogP contribution is -2.40. The zero-order valence-electron chi connectivity index (χ0n) is 22.7. The van der Waals surface area contributed by atoms with Gasteiger partial charge in [0.15, 0.2) is 0 Å². The molecule has 8 heteroatoms. The zero-order chi connectivity index (χ0) is 28.6. The number of rotatable bonds is 7. The SMILES string of the molecule is O=C(CNC(=O)C1[C@H]2CN(C3CCC(c4ccc(-c5ccccc5)cc4)CC3)C[C@@H]12)Nc1cccc(C(F)(F)F)c1. The summed E-state index contributed by atoms with van der Waals surface area (Å²) in [5.74, 6) is 0.480. The minimum absolute atomic E-state index is 0.0527. The van der Waals surface area contributed by atoms with Crippen LogP contribution in [-0.2, 0) is 15.8 Å². The second-order valence-corrected chi connectivity index (χ2v) is 11.6. The third kappa shape index (κ3) is 6.17. The second kappa shape index (κ2) is 11.3. The van der Waals surface area contributed by atoms with Crippen LogP contribution in [0.25, 0.3) is 11.1 Å². The molecule has 5 nitrogen and oxygen atoms in total. The number of benzene rings is 3. The Kier molecular flexibility index (Phi) is 7.60. The molecule has 214 valence electrons. The van der Waals surface area contributed by atoms with Crippen LogP contribution in [-0.4, -0.2) is 42.4 Å². The van der Waals surface area contributed by atoms with Gasteiger partial charge in [0.2, 0.25) is 11.8 Å². The highest BCUT2D eigenvalue weighted by Crippen LogP contribution is 2.53. The Balaban J connectivity index is 0.921. The fourth-order valence-corrected chi connectivity index (χ4v) is 6.86. The molecule has 3 aromatic rings. The van der Waals surface area contributed by atoms with Crippen molar-refractivity contribution >= 4 is 17.5 Å². The lowest BCUT2D eigenvalue weighted by Gasteiger charge is -2.36. The number of nitrogens with zero attached hydrogens (tertiary/aromatic N) is 1. The third-order valence-electron chi connectivity index (χ3n) is 9.12. The number of alkyl halides is 3. The molecule has 0 radical (unpaired) electrons. The van der Waals surface area contributed by atoms with Crippen LogP contribution < -0.4 is 10.6 Å². The lowest BCUT2D eigenvalue weighted by atomic mass is 9.81. The first-order chi connectivity index (χ1) is 19.8. The van der Waals surface area contributed by atoms with Gasteiger partial charge >= 0.3 is 6.18 Å². The average Bonchev–Trinajstić information content (AvgIpc) is 3.49. The highest BCUT2D eigenvalue weighted by Gasteiger charge is 2.60. The molecule has 2 saturated carbocycles. The Morgan fingerprint density at radius 2 is 1.46 bits per heavy atom. The van der Waals surface area contributed by atoms with Gasteiger partial charge in [-0.3, -0.25) is 14.5 Å². The molecule has 0 aromatic heterocycles. The monoisotopic (exact) mass is 561 g/mol. The van der Waals surface area contributed by atoms with Crippen molar-refractivity contribution < 1.29 is 22.8 Å². The Morgan fingerprint density at radius 1 is 0.805 bits per heavy atom. The van der Waals surface area contributed by atoms with Gasteiger partial charge in [0.1, 0.15) is 0 Å². The number of fused-ring (bicyclic) bond motifs is 1. The second-order valence-electron chi connectivity index (χ2n) is 11.6. The van der Waals surface area contributed by atoms with Gasteiger partial charge in [-0.15, -0.1) is 0 Å². The maximum absolute atomic E-state index is 12.9. The van der Waals surface area contributed by atoms with Gasteiger partial charge in [-0.2, -0.15) is 13.2 Å². The summed E-state index contributed by atoms with van der Waals surface area (Å²) in [5.41, 5.74) is 3.12. The number of halogens is 3. The zero-order valence-corrected chi connectivity index (χ0v) is 22.7. The van der Waals surface area contributed by atoms with Crippen LogP contribution in [0.5, 0.6) is 0 Å². The maximum Gasteiger partial charge on any atom is 0.416 e. The van der Waals surface area contributed by atoms with E-state index in [2.05, 4.69) is 64.1 Å². The van der Waals surface area contributed by atoms with E-state index < -0.39 is 17.6 Å².